The number of likely N-dealkylation sites (tertiary alicyclic amines) is 2. The first kappa shape index (κ1) is 24.0. The molecule has 2 atom stereocenters. The molecule has 3 fully saturated rings. The molecule has 3 saturated heterocycles. The van der Waals surface area contributed by atoms with Crippen LogP contribution >= 0.6 is 11.3 Å². The molecule has 3 aliphatic rings. The lowest BCUT2D eigenvalue weighted by atomic mass is 9.71. The zero-order chi connectivity index (χ0) is 25.9. The molecule has 6 heterocycles. The van der Waals surface area contributed by atoms with Crippen molar-refractivity contribution in [1.82, 2.24) is 29.7 Å². The quantitative estimate of drug-likeness (QED) is 0.411. The topological polar surface area (TPSA) is 104 Å². The Balaban J connectivity index is 1.18. The number of urea groups is 1. The largest absolute Gasteiger partial charge is 0.371 e. The Morgan fingerprint density at radius 1 is 1.21 bits per heavy atom. The highest BCUT2D eigenvalue weighted by Gasteiger charge is 2.49. The van der Waals surface area contributed by atoms with Crippen LogP contribution in [0.3, 0.4) is 0 Å². The van der Waals surface area contributed by atoms with Crippen LogP contribution in [-0.4, -0.2) is 81.6 Å². The van der Waals surface area contributed by atoms with E-state index >= 15 is 4.39 Å². The Hall–Kier alpha value is -3.12. The van der Waals surface area contributed by atoms with Gasteiger partial charge in [0.05, 0.1) is 29.1 Å². The molecule has 3 N–H and O–H groups in total. The van der Waals surface area contributed by atoms with E-state index in [9.17, 15) is 4.79 Å². The molecule has 9 nitrogen and oxygen atoms in total. The van der Waals surface area contributed by atoms with Crippen molar-refractivity contribution in [2.45, 2.75) is 25.1 Å². The van der Waals surface area contributed by atoms with Crippen LogP contribution in [0.25, 0.3) is 21.1 Å². The van der Waals surface area contributed by atoms with Gasteiger partial charge in [-0.05, 0) is 42.5 Å². The van der Waals surface area contributed by atoms with Crippen molar-refractivity contribution in [2.24, 2.45) is 11.1 Å². The molecule has 2 unspecified atom stereocenters. The molecule has 198 valence electrons. The van der Waals surface area contributed by atoms with Crippen LogP contribution in [0, 0.1) is 11.2 Å². The number of nitrogens with one attached hydrogen (secondary N) is 1. The Labute approximate surface area is 223 Å². The summed E-state index contributed by atoms with van der Waals surface area (Å²) < 4.78 is 22.4. The summed E-state index contributed by atoms with van der Waals surface area (Å²) in [6.07, 6.45) is 6.90. The number of ether oxygens (including phenoxy) is 1. The molecule has 0 saturated carbocycles. The number of carbonyl (C=O) groups is 1. The number of nitrogens with two attached hydrogens (primary N) is 1. The van der Waals surface area contributed by atoms with Gasteiger partial charge in [-0.2, -0.15) is 0 Å². The summed E-state index contributed by atoms with van der Waals surface area (Å²) in [6, 6.07) is 7.07. The van der Waals surface area contributed by atoms with Crippen molar-refractivity contribution in [3.63, 3.8) is 0 Å². The van der Waals surface area contributed by atoms with Gasteiger partial charge in [-0.1, -0.05) is 0 Å². The highest BCUT2D eigenvalue weighted by atomic mass is 32.1. The van der Waals surface area contributed by atoms with E-state index in [0.29, 0.717) is 31.8 Å². The van der Waals surface area contributed by atoms with Gasteiger partial charge in [0.15, 0.2) is 0 Å². The second-order valence-corrected chi connectivity index (χ2v) is 11.9. The predicted octanol–water partition coefficient (Wildman–Crippen LogP) is 3.86. The lowest BCUT2D eigenvalue weighted by molar-refractivity contribution is -0.136. The molecule has 38 heavy (non-hydrogen) atoms. The molecular formula is C27H30FN7O2S. The Kier molecular flexibility index (Phi) is 5.84. The van der Waals surface area contributed by atoms with Crippen molar-refractivity contribution in [1.29, 1.82) is 0 Å². The van der Waals surface area contributed by atoms with Crippen LogP contribution in [0.5, 0.6) is 0 Å². The van der Waals surface area contributed by atoms with Crippen molar-refractivity contribution in [3.05, 3.63) is 59.2 Å². The number of aromatic nitrogens is 3. The second-order valence-electron chi connectivity index (χ2n) is 10.8. The van der Waals surface area contributed by atoms with Crippen LogP contribution in [0.2, 0.25) is 0 Å². The number of primary amides is 1. The smallest absolute Gasteiger partial charge is 0.314 e. The van der Waals surface area contributed by atoms with Gasteiger partial charge in [-0.15, -0.1) is 11.3 Å². The van der Waals surface area contributed by atoms with Gasteiger partial charge >= 0.3 is 6.03 Å². The molecule has 11 heteroatoms. The number of hydrogen-bond donors (Lipinski definition) is 2. The fourth-order valence-corrected chi connectivity index (χ4v) is 7.71. The molecule has 0 bridgehead atoms. The van der Waals surface area contributed by atoms with Crippen LogP contribution < -0.4 is 5.73 Å². The average molecular weight is 536 g/mol. The SMILES string of the molecule is NC(=O)N1CCC2(CC1)CN(C(c1cc3ncncc3s1)N1CCOC(c3c(F)ccc4[nH]ccc34)C1)C2. The lowest BCUT2D eigenvalue weighted by Gasteiger charge is -2.58. The second kappa shape index (κ2) is 9.26. The Morgan fingerprint density at radius 2 is 2.05 bits per heavy atom. The molecular weight excluding hydrogens is 505 g/mol. The molecule has 4 aromatic rings. The fourth-order valence-electron chi connectivity index (χ4n) is 6.55. The number of thiophene rings is 1. The van der Waals surface area contributed by atoms with Crippen LogP contribution in [0.4, 0.5) is 9.18 Å². The van der Waals surface area contributed by atoms with Crippen LogP contribution in [0.1, 0.15) is 35.6 Å². The molecule has 0 aliphatic carbocycles. The summed E-state index contributed by atoms with van der Waals surface area (Å²) in [4.78, 5) is 31.4. The van der Waals surface area contributed by atoms with Gasteiger partial charge in [-0.25, -0.2) is 19.2 Å². The predicted molar refractivity (Wildman–Crippen MR) is 143 cm³/mol. The number of morpholine rings is 1. The summed E-state index contributed by atoms with van der Waals surface area (Å²) in [7, 11) is 0. The third-order valence-electron chi connectivity index (χ3n) is 8.52. The molecule has 3 aliphatic heterocycles. The summed E-state index contributed by atoms with van der Waals surface area (Å²) in [5.41, 5.74) is 8.20. The number of H-pyrrole nitrogens is 1. The first-order chi connectivity index (χ1) is 18.5. The summed E-state index contributed by atoms with van der Waals surface area (Å²) in [5, 5.41) is 0.870. The molecule has 7 rings (SSSR count). The zero-order valence-corrected chi connectivity index (χ0v) is 21.8. The minimum atomic E-state index is -0.367. The first-order valence-electron chi connectivity index (χ1n) is 13.1. The lowest BCUT2D eigenvalue weighted by Crippen LogP contribution is -2.64. The van der Waals surface area contributed by atoms with Crippen LogP contribution in [-0.2, 0) is 4.74 Å². The van der Waals surface area contributed by atoms with Crippen molar-refractivity contribution >= 4 is 38.5 Å². The van der Waals surface area contributed by atoms with E-state index in [1.54, 1.807) is 28.6 Å². The number of fused-ring (bicyclic) bond motifs is 2. The zero-order valence-electron chi connectivity index (χ0n) is 21.0. The van der Waals surface area contributed by atoms with E-state index in [1.807, 2.05) is 18.5 Å². The highest BCUT2D eigenvalue weighted by Crippen LogP contribution is 2.47. The maximum Gasteiger partial charge on any atom is 0.314 e. The van der Waals surface area contributed by atoms with Gasteiger partial charge in [0, 0.05) is 73.0 Å². The highest BCUT2D eigenvalue weighted by molar-refractivity contribution is 7.19. The van der Waals surface area contributed by atoms with Crippen molar-refractivity contribution < 1.29 is 13.9 Å². The van der Waals surface area contributed by atoms with E-state index in [1.165, 1.54) is 10.9 Å². The van der Waals surface area contributed by atoms with Gasteiger partial charge in [-0.3, -0.25) is 9.80 Å². The summed E-state index contributed by atoms with van der Waals surface area (Å²) in [5.74, 6) is -0.234. The third-order valence-corrected chi connectivity index (χ3v) is 9.62. The monoisotopic (exact) mass is 535 g/mol. The number of nitrogens with zero attached hydrogens (tertiary/aromatic N) is 5. The number of piperidine rings is 1. The molecule has 1 spiro atoms. The minimum Gasteiger partial charge on any atom is -0.371 e. The maximum atomic E-state index is 15.2. The molecule has 0 radical (unpaired) electrons. The molecule has 2 amide bonds. The van der Waals surface area contributed by atoms with E-state index < -0.39 is 0 Å². The fraction of sp³-hybridized carbons (Fsp3) is 0.444. The number of hydrogen-bond acceptors (Lipinski definition) is 7. The first-order valence-corrected chi connectivity index (χ1v) is 13.9. The van der Waals surface area contributed by atoms with E-state index in [2.05, 4.69) is 30.8 Å². The number of benzene rings is 1. The molecule has 3 aromatic heterocycles. The summed E-state index contributed by atoms with van der Waals surface area (Å²) in [6.45, 7) is 5.20. The van der Waals surface area contributed by atoms with Gasteiger partial charge in [0.2, 0.25) is 0 Å². The number of amides is 2. The molecule has 1 aromatic carbocycles. The van der Waals surface area contributed by atoms with Crippen molar-refractivity contribution in [3.8, 4) is 0 Å². The third kappa shape index (κ3) is 4.05. The van der Waals surface area contributed by atoms with Crippen molar-refractivity contribution in [2.75, 3.05) is 45.9 Å². The standard InChI is InChI=1S/C27H30FN7O2S/c28-18-1-2-19-17(3-6-31-19)24(18)21-13-34(9-10-37-21)25(22-11-20-23(38-22)12-30-16-32-20)35-14-27(15-35)4-7-33(8-5-27)26(29)36/h1-3,6,11-12,16,21,25,31H,4-5,7-10,13-15H2,(H2,29,36). The number of aromatic amines is 1. The summed E-state index contributed by atoms with van der Waals surface area (Å²) >= 11 is 1.72. The van der Waals surface area contributed by atoms with E-state index in [-0.39, 0.29) is 29.5 Å². The van der Waals surface area contributed by atoms with E-state index in [0.717, 1.165) is 53.6 Å². The maximum absolute atomic E-state index is 15.2. The van der Waals surface area contributed by atoms with Crippen LogP contribution in [0.15, 0.2) is 43.0 Å². The normalized spacial score (nSPS) is 23.2. The average Bonchev–Trinajstić information content (AvgIpc) is 3.55. The minimum absolute atomic E-state index is 0.0360. The van der Waals surface area contributed by atoms with E-state index in [4.69, 9.17) is 10.5 Å². The van der Waals surface area contributed by atoms with Gasteiger partial charge in [0.25, 0.3) is 0 Å². The number of rotatable bonds is 4. The number of carbonyl (C=O) groups excluding carboxylic acids is 1. The number of halogens is 1. The Bertz CT molecular complexity index is 1460. The van der Waals surface area contributed by atoms with Gasteiger partial charge in [0.1, 0.15) is 12.1 Å². The van der Waals surface area contributed by atoms with Gasteiger partial charge < -0.3 is 20.4 Å². The Morgan fingerprint density at radius 3 is 2.84 bits per heavy atom.